The third kappa shape index (κ3) is 10.8. The van der Waals surface area contributed by atoms with Crippen molar-refractivity contribution in [2.45, 2.75) is 68.8 Å². The number of halogens is 2. The van der Waals surface area contributed by atoms with Crippen molar-refractivity contribution >= 4 is 61.7 Å². The lowest BCUT2D eigenvalue weighted by Crippen LogP contribution is -2.56. The van der Waals surface area contributed by atoms with Gasteiger partial charge in [0.05, 0.1) is 0 Å². The summed E-state index contributed by atoms with van der Waals surface area (Å²) >= 11 is 5.86. The highest BCUT2D eigenvalue weighted by molar-refractivity contribution is 9.12. The summed E-state index contributed by atoms with van der Waals surface area (Å²) in [5, 5.41) is 11.2. The van der Waals surface area contributed by atoms with Crippen molar-refractivity contribution in [2.24, 2.45) is 0 Å². The van der Waals surface area contributed by atoms with Gasteiger partial charge in [0.15, 0.2) is 24.4 Å². The van der Waals surface area contributed by atoms with E-state index in [0.29, 0.717) is 0 Å². The molecule has 15 heteroatoms. The van der Waals surface area contributed by atoms with Gasteiger partial charge in [-0.3, -0.25) is 34.1 Å². The summed E-state index contributed by atoms with van der Waals surface area (Å²) < 4.78 is 25.5. The van der Waals surface area contributed by atoms with Crippen molar-refractivity contribution in [2.75, 3.05) is 6.61 Å². The van der Waals surface area contributed by atoms with Crippen LogP contribution in [0.5, 0.6) is 0 Å². The maximum atomic E-state index is 11.8. The first kappa shape index (κ1) is 29.7. The van der Waals surface area contributed by atoms with Gasteiger partial charge < -0.3 is 23.7 Å². The number of esters is 5. The molecular weight excluding hydrogens is 570 g/mol. The van der Waals surface area contributed by atoms with Crippen molar-refractivity contribution in [3.05, 3.63) is 10.1 Å². The number of rotatable bonds is 12. The standard InChI is InChI=1S/C17H23Br2NO12/c1-7(21)28-6-12(29-8(2)22)14(30-9(3)23)16(32-11(5)25)15(31-10(4)24)13(18)17(19)20(26)27/h12-17H,6H2,1-5H3/t12-,13-,14-,15-,16+,17+/m1/s1. The molecule has 0 radical (unpaired) electrons. The molecule has 0 aliphatic heterocycles. The summed E-state index contributed by atoms with van der Waals surface area (Å²) in [4.78, 5) is 65.8. The van der Waals surface area contributed by atoms with Crippen LogP contribution in [0.15, 0.2) is 0 Å². The lowest BCUT2D eigenvalue weighted by atomic mass is 9.99. The average Bonchev–Trinajstić information content (AvgIpc) is 2.63. The van der Waals surface area contributed by atoms with E-state index in [0.717, 1.165) is 34.6 Å². The SMILES string of the molecule is CC(=O)OC[C@@H](OC(C)=O)[C@@H](OC(C)=O)[C@H](OC(C)=O)[C@H](OC(C)=O)[C@@H](Br)[C@@H](Br)[N+](=O)[O-]. The molecule has 0 saturated carbocycles. The summed E-state index contributed by atoms with van der Waals surface area (Å²) in [6.45, 7) is 4.43. The molecule has 0 amide bonds. The zero-order valence-corrected chi connectivity index (χ0v) is 20.9. The molecule has 13 nitrogen and oxygen atoms in total. The van der Waals surface area contributed by atoms with Crippen molar-refractivity contribution in [1.29, 1.82) is 0 Å². The molecule has 0 bridgehead atoms. The maximum Gasteiger partial charge on any atom is 0.303 e. The molecule has 0 N–H and O–H groups in total. The molecule has 0 aliphatic rings. The van der Waals surface area contributed by atoms with E-state index in [1.54, 1.807) is 0 Å². The predicted molar refractivity (Wildman–Crippen MR) is 111 cm³/mol. The molecule has 0 saturated heterocycles. The van der Waals surface area contributed by atoms with E-state index in [9.17, 15) is 34.1 Å². The smallest absolute Gasteiger partial charge is 0.303 e. The van der Waals surface area contributed by atoms with Crippen LogP contribution in [-0.2, 0) is 47.7 Å². The Balaban J connectivity index is 6.56. The van der Waals surface area contributed by atoms with Crippen LogP contribution < -0.4 is 0 Å². The van der Waals surface area contributed by atoms with Crippen LogP contribution in [0.1, 0.15) is 34.6 Å². The molecule has 182 valence electrons. The second-order valence-corrected chi connectivity index (χ2v) is 8.27. The van der Waals surface area contributed by atoms with Gasteiger partial charge >= 0.3 is 29.8 Å². The van der Waals surface area contributed by atoms with Gasteiger partial charge in [0.25, 0.3) is 4.95 Å². The van der Waals surface area contributed by atoms with Crippen LogP contribution in [-0.4, -0.2) is 75.6 Å². The molecular formula is C17H23Br2NO12. The van der Waals surface area contributed by atoms with Crippen molar-refractivity contribution in [3.63, 3.8) is 0 Å². The number of nitro groups is 1. The Morgan fingerprint density at radius 2 is 1.12 bits per heavy atom. The number of nitrogens with zero attached hydrogens (tertiary/aromatic N) is 1. The van der Waals surface area contributed by atoms with Crippen LogP contribution in [0.3, 0.4) is 0 Å². The lowest BCUT2D eigenvalue weighted by Gasteiger charge is -2.36. The summed E-state index contributed by atoms with van der Waals surface area (Å²) in [6, 6.07) is 0. The van der Waals surface area contributed by atoms with Crippen LogP contribution >= 0.6 is 31.9 Å². The summed E-state index contributed by atoms with van der Waals surface area (Å²) in [5.41, 5.74) is 0. The van der Waals surface area contributed by atoms with Crippen molar-refractivity contribution in [1.82, 2.24) is 0 Å². The molecule has 0 fully saturated rings. The number of carbonyl (C=O) groups is 5. The second-order valence-electron chi connectivity index (χ2n) is 6.28. The maximum absolute atomic E-state index is 11.8. The summed E-state index contributed by atoms with van der Waals surface area (Å²) in [6.07, 6.45) is -6.54. The predicted octanol–water partition coefficient (Wildman–Crippen LogP) is 1.04. The van der Waals surface area contributed by atoms with Gasteiger partial charge in [0.2, 0.25) is 0 Å². The monoisotopic (exact) mass is 591 g/mol. The minimum absolute atomic E-state index is 0.628. The molecule has 32 heavy (non-hydrogen) atoms. The topological polar surface area (TPSA) is 175 Å². The highest BCUT2D eigenvalue weighted by atomic mass is 79.9. The third-order valence-corrected chi connectivity index (χ3v) is 6.10. The van der Waals surface area contributed by atoms with Gasteiger partial charge in [-0.05, 0) is 15.9 Å². The molecule has 0 unspecified atom stereocenters. The van der Waals surface area contributed by atoms with E-state index in [4.69, 9.17) is 23.7 Å². The fourth-order valence-electron chi connectivity index (χ4n) is 2.45. The molecule has 0 aromatic carbocycles. The van der Waals surface area contributed by atoms with Crippen molar-refractivity contribution in [3.8, 4) is 0 Å². The van der Waals surface area contributed by atoms with Gasteiger partial charge in [-0.2, -0.15) is 0 Å². The Hall–Kier alpha value is -2.29. The molecule has 0 aromatic rings. The fraction of sp³-hybridized carbons (Fsp3) is 0.706. The zero-order valence-electron chi connectivity index (χ0n) is 17.8. The number of carbonyl (C=O) groups excluding carboxylic acids is 5. The number of hydrogen-bond donors (Lipinski definition) is 0. The van der Waals surface area contributed by atoms with Crippen molar-refractivity contribution < 1.29 is 52.6 Å². The Bertz CT molecular complexity index is 730. The first-order valence-electron chi connectivity index (χ1n) is 8.91. The highest BCUT2D eigenvalue weighted by Gasteiger charge is 2.49. The number of alkyl halides is 2. The van der Waals surface area contributed by atoms with Gasteiger partial charge in [0.1, 0.15) is 11.4 Å². The minimum atomic E-state index is -1.72. The largest absolute Gasteiger partial charge is 0.462 e. The van der Waals surface area contributed by atoms with E-state index in [2.05, 4.69) is 31.9 Å². The quantitative estimate of drug-likeness (QED) is 0.0787. The molecule has 0 heterocycles. The number of ether oxygens (including phenoxy) is 5. The normalized spacial score (nSPS) is 16.2. The van der Waals surface area contributed by atoms with E-state index in [-0.39, 0.29) is 0 Å². The fourth-order valence-corrected chi connectivity index (χ4v) is 3.35. The average molecular weight is 593 g/mol. The minimum Gasteiger partial charge on any atom is -0.462 e. The summed E-state index contributed by atoms with van der Waals surface area (Å²) in [7, 11) is 0. The van der Waals surface area contributed by atoms with Crippen LogP contribution in [0.25, 0.3) is 0 Å². The molecule has 6 atom stereocenters. The van der Waals surface area contributed by atoms with Gasteiger partial charge in [-0.15, -0.1) is 0 Å². The van der Waals surface area contributed by atoms with Crippen LogP contribution in [0.2, 0.25) is 0 Å². The Labute approximate surface area is 199 Å². The first-order valence-corrected chi connectivity index (χ1v) is 10.7. The van der Waals surface area contributed by atoms with Gasteiger partial charge in [-0.1, -0.05) is 15.9 Å². The number of hydrogen-bond acceptors (Lipinski definition) is 12. The zero-order chi connectivity index (χ0) is 25.2. The summed E-state index contributed by atoms with van der Waals surface area (Å²) in [5.74, 6) is -4.42. The van der Waals surface area contributed by atoms with Gasteiger partial charge in [-0.25, -0.2) is 0 Å². The third-order valence-electron chi connectivity index (χ3n) is 3.47. The molecule has 0 aliphatic carbocycles. The van der Waals surface area contributed by atoms with E-state index in [1.807, 2.05) is 0 Å². The Morgan fingerprint density at radius 1 is 0.719 bits per heavy atom. The Kier molecular flexibility index (Phi) is 13.0. The molecule has 0 aromatic heterocycles. The first-order chi connectivity index (χ1) is 14.7. The molecule has 0 spiro atoms. The Morgan fingerprint density at radius 3 is 1.50 bits per heavy atom. The molecule has 0 rings (SSSR count). The van der Waals surface area contributed by atoms with E-state index in [1.165, 1.54) is 0 Å². The highest BCUT2D eigenvalue weighted by Crippen LogP contribution is 2.29. The lowest BCUT2D eigenvalue weighted by molar-refractivity contribution is -0.493. The van der Waals surface area contributed by atoms with E-state index < -0.39 is 75.6 Å². The second kappa shape index (κ2) is 14.0. The van der Waals surface area contributed by atoms with Crippen LogP contribution in [0, 0.1) is 10.1 Å². The van der Waals surface area contributed by atoms with Crippen LogP contribution in [0.4, 0.5) is 0 Å². The van der Waals surface area contributed by atoms with Gasteiger partial charge in [0, 0.05) is 39.5 Å². The van der Waals surface area contributed by atoms with E-state index >= 15 is 0 Å².